The van der Waals surface area contributed by atoms with Gasteiger partial charge in [-0.2, -0.15) is 0 Å². The number of hydrazine groups is 1. The maximum absolute atomic E-state index is 5.62. The van der Waals surface area contributed by atoms with E-state index in [9.17, 15) is 0 Å². The van der Waals surface area contributed by atoms with Crippen molar-refractivity contribution in [3.05, 3.63) is 34.3 Å². The Morgan fingerprint density at radius 1 is 1.43 bits per heavy atom. The van der Waals surface area contributed by atoms with Crippen molar-refractivity contribution >= 4 is 23.0 Å². The minimum absolute atomic E-state index is 0.600. The molecule has 0 radical (unpaired) electrons. The average Bonchev–Trinajstić information content (AvgIpc) is 3.22. The van der Waals surface area contributed by atoms with Gasteiger partial charge in [0.25, 0.3) is 0 Å². The smallest absolute Gasteiger partial charge is 0.148 e. The highest BCUT2D eigenvalue weighted by Gasteiger charge is 2.32. The summed E-state index contributed by atoms with van der Waals surface area (Å²) in [5.41, 5.74) is 3.85. The maximum Gasteiger partial charge on any atom is 0.148 e. The zero-order valence-corrected chi connectivity index (χ0v) is 13.1. The van der Waals surface area contributed by atoms with E-state index in [2.05, 4.69) is 44.7 Å². The molecule has 3 N–H and O–H groups in total. The number of hydrogen-bond donors (Lipinski definition) is 2. The van der Waals surface area contributed by atoms with Crippen molar-refractivity contribution < 1.29 is 0 Å². The highest BCUT2D eigenvalue weighted by Crippen LogP contribution is 2.36. The molecule has 2 aromatic rings. The normalized spacial score (nSPS) is 14.2. The summed E-state index contributed by atoms with van der Waals surface area (Å²) in [4.78, 5) is 12.6. The lowest BCUT2D eigenvalue weighted by Gasteiger charge is -2.26. The minimum atomic E-state index is 0.600. The Balaban J connectivity index is 1.94. The van der Waals surface area contributed by atoms with Gasteiger partial charge in [-0.25, -0.2) is 15.8 Å². The van der Waals surface area contributed by atoms with E-state index in [1.165, 1.54) is 17.7 Å². The van der Waals surface area contributed by atoms with Crippen LogP contribution in [0.25, 0.3) is 0 Å². The average molecular weight is 303 g/mol. The first-order valence-corrected chi connectivity index (χ1v) is 8.31. The second-order valence-corrected chi connectivity index (χ2v) is 6.39. The van der Waals surface area contributed by atoms with Crippen LogP contribution in [-0.4, -0.2) is 16.0 Å². The molecule has 0 aromatic carbocycles. The second kappa shape index (κ2) is 6.41. The van der Waals surface area contributed by atoms with Gasteiger partial charge in [0.05, 0.1) is 6.54 Å². The Hall–Kier alpha value is -1.66. The summed E-state index contributed by atoms with van der Waals surface area (Å²) in [6, 6.07) is 4.89. The minimum Gasteiger partial charge on any atom is -0.348 e. The number of nitrogens with two attached hydrogens (primary N) is 1. The molecule has 0 atom stereocenters. The van der Waals surface area contributed by atoms with Crippen LogP contribution in [0.4, 0.5) is 11.6 Å². The van der Waals surface area contributed by atoms with Crippen LogP contribution in [0.3, 0.4) is 0 Å². The lowest BCUT2D eigenvalue weighted by Crippen LogP contribution is -2.28. The van der Waals surface area contributed by atoms with Crippen LogP contribution < -0.4 is 16.2 Å². The Bertz CT molecular complexity index is 580. The number of nitrogen functional groups attached to an aromatic ring is 1. The number of thiophene rings is 1. The third-order valence-corrected chi connectivity index (χ3v) is 4.59. The highest BCUT2D eigenvalue weighted by molar-refractivity contribution is 7.09. The molecule has 0 bridgehead atoms. The van der Waals surface area contributed by atoms with Crippen molar-refractivity contribution in [1.82, 2.24) is 9.97 Å². The molecule has 1 aliphatic rings. The number of anilines is 2. The quantitative estimate of drug-likeness (QED) is 0.608. The van der Waals surface area contributed by atoms with Gasteiger partial charge in [-0.05, 0) is 30.7 Å². The zero-order chi connectivity index (χ0) is 14.7. The van der Waals surface area contributed by atoms with E-state index in [4.69, 9.17) is 5.84 Å². The van der Waals surface area contributed by atoms with Crippen LogP contribution in [0.1, 0.15) is 36.6 Å². The van der Waals surface area contributed by atoms with Crippen LogP contribution in [0.2, 0.25) is 0 Å². The van der Waals surface area contributed by atoms with Crippen LogP contribution in [-0.2, 0) is 13.0 Å². The third kappa shape index (κ3) is 3.16. The predicted molar refractivity (Wildman–Crippen MR) is 87.4 cm³/mol. The van der Waals surface area contributed by atoms with E-state index in [1.54, 1.807) is 17.7 Å². The molecule has 1 aliphatic carbocycles. The predicted octanol–water partition coefficient (Wildman–Crippen LogP) is 2.95. The van der Waals surface area contributed by atoms with E-state index in [0.717, 1.165) is 36.6 Å². The summed E-state index contributed by atoms with van der Waals surface area (Å²) in [6.45, 7) is 3.08. The Morgan fingerprint density at radius 3 is 2.90 bits per heavy atom. The van der Waals surface area contributed by atoms with E-state index in [0.29, 0.717) is 6.04 Å². The fraction of sp³-hybridized carbons (Fsp3) is 0.467. The summed E-state index contributed by atoms with van der Waals surface area (Å²) in [5, 5.41) is 2.13. The molecule has 6 heteroatoms. The molecule has 3 rings (SSSR count). The number of aromatic nitrogens is 2. The van der Waals surface area contributed by atoms with E-state index < -0.39 is 0 Å². The van der Waals surface area contributed by atoms with Crippen LogP contribution >= 0.6 is 11.3 Å². The number of nitrogens with zero attached hydrogens (tertiary/aromatic N) is 3. The van der Waals surface area contributed by atoms with E-state index in [1.807, 2.05) is 0 Å². The molecule has 0 aliphatic heterocycles. The van der Waals surface area contributed by atoms with Gasteiger partial charge >= 0.3 is 0 Å². The van der Waals surface area contributed by atoms with Gasteiger partial charge in [-0.3, -0.25) is 0 Å². The fourth-order valence-electron chi connectivity index (χ4n) is 2.59. The molecule has 0 unspecified atom stereocenters. The molecule has 0 spiro atoms. The molecule has 2 heterocycles. The monoisotopic (exact) mass is 303 g/mol. The Morgan fingerprint density at radius 2 is 2.29 bits per heavy atom. The number of rotatable bonds is 7. The molecule has 1 saturated carbocycles. The van der Waals surface area contributed by atoms with Crippen LogP contribution in [0.5, 0.6) is 0 Å². The Labute approximate surface area is 129 Å². The molecule has 2 aromatic heterocycles. The third-order valence-electron chi connectivity index (χ3n) is 3.73. The van der Waals surface area contributed by atoms with Crippen molar-refractivity contribution in [2.24, 2.45) is 5.84 Å². The standard InChI is InChI=1S/C15H21N5S/c1-2-4-13-14(19-16)17-10-18-15(13)20(11-6-7-11)9-12-5-3-8-21-12/h3,5,8,10-11H,2,4,6-7,9,16H2,1H3,(H,17,18,19). The van der Waals surface area contributed by atoms with Crippen molar-refractivity contribution in [1.29, 1.82) is 0 Å². The van der Waals surface area contributed by atoms with Gasteiger partial charge in [0.2, 0.25) is 0 Å². The van der Waals surface area contributed by atoms with Gasteiger partial charge in [-0.15, -0.1) is 11.3 Å². The first-order valence-electron chi connectivity index (χ1n) is 7.43. The van der Waals surface area contributed by atoms with Crippen LogP contribution in [0.15, 0.2) is 23.8 Å². The molecule has 5 nitrogen and oxygen atoms in total. The van der Waals surface area contributed by atoms with Crippen LogP contribution in [0, 0.1) is 0 Å². The van der Waals surface area contributed by atoms with E-state index in [-0.39, 0.29) is 0 Å². The molecule has 112 valence electrons. The van der Waals surface area contributed by atoms with Gasteiger partial charge in [0.1, 0.15) is 18.0 Å². The van der Waals surface area contributed by atoms with Gasteiger partial charge < -0.3 is 10.3 Å². The largest absolute Gasteiger partial charge is 0.348 e. The number of nitrogens with one attached hydrogen (secondary N) is 1. The maximum atomic E-state index is 5.62. The van der Waals surface area contributed by atoms with Crippen molar-refractivity contribution in [2.45, 2.75) is 45.2 Å². The molecule has 21 heavy (non-hydrogen) atoms. The Kier molecular flexibility index (Phi) is 4.36. The summed E-state index contributed by atoms with van der Waals surface area (Å²) < 4.78 is 0. The summed E-state index contributed by atoms with van der Waals surface area (Å²) in [7, 11) is 0. The van der Waals surface area contributed by atoms with Gasteiger partial charge in [0, 0.05) is 16.5 Å². The molecular weight excluding hydrogens is 282 g/mol. The summed E-state index contributed by atoms with van der Waals surface area (Å²) in [5.74, 6) is 7.41. The molecule has 1 fully saturated rings. The summed E-state index contributed by atoms with van der Waals surface area (Å²) in [6.07, 6.45) is 6.07. The topological polar surface area (TPSA) is 67.1 Å². The zero-order valence-electron chi connectivity index (χ0n) is 12.2. The van der Waals surface area contributed by atoms with Gasteiger partial charge in [-0.1, -0.05) is 19.4 Å². The fourth-order valence-corrected chi connectivity index (χ4v) is 3.29. The highest BCUT2D eigenvalue weighted by atomic mass is 32.1. The summed E-state index contributed by atoms with van der Waals surface area (Å²) >= 11 is 1.79. The molecular formula is C15H21N5S. The lowest BCUT2D eigenvalue weighted by atomic mass is 10.1. The second-order valence-electron chi connectivity index (χ2n) is 5.36. The first-order chi connectivity index (χ1) is 10.3. The SMILES string of the molecule is CCCc1c(NN)ncnc1N(Cc1cccs1)C1CC1. The van der Waals surface area contributed by atoms with E-state index >= 15 is 0 Å². The lowest BCUT2D eigenvalue weighted by molar-refractivity contribution is 0.766. The molecule has 0 amide bonds. The van der Waals surface area contributed by atoms with Crippen molar-refractivity contribution in [2.75, 3.05) is 10.3 Å². The number of hydrogen-bond acceptors (Lipinski definition) is 6. The van der Waals surface area contributed by atoms with Crippen molar-refractivity contribution in [3.63, 3.8) is 0 Å². The van der Waals surface area contributed by atoms with Gasteiger partial charge in [0.15, 0.2) is 0 Å². The van der Waals surface area contributed by atoms with Crippen molar-refractivity contribution in [3.8, 4) is 0 Å². The first kappa shape index (κ1) is 14.3. The molecule has 0 saturated heterocycles.